The number of nitrogens with one attached hydrogen (secondary N) is 1. The second-order valence-corrected chi connectivity index (χ2v) is 7.41. The molecule has 6 nitrogen and oxygen atoms in total. The van der Waals surface area contributed by atoms with Crippen LogP contribution >= 0.6 is 0 Å². The van der Waals surface area contributed by atoms with E-state index in [9.17, 15) is 0 Å². The summed E-state index contributed by atoms with van der Waals surface area (Å²) in [5.74, 6) is 1.66. The number of nitrogens with zero attached hydrogens (tertiary/aromatic N) is 5. The molecule has 1 aliphatic heterocycles. The van der Waals surface area contributed by atoms with Gasteiger partial charge in [0.2, 0.25) is 0 Å². The van der Waals surface area contributed by atoms with Crippen LogP contribution in [0.4, 0.5) is 0 Å². The Morgan fingerprint density at radius 1 is 1.12 bits per heavy atom. The molecule has 0 radical (unpaired) electrons. The molecule has 1 aliphatic rings. The van der Waals surface area contributed by atoms with Crippen molar-refractivity contribution in [1.82, 2.24) is 29.9 Å². The van der Waals surface area contributed by atoms with Crippen molar-refractivity contribution in [2.45, 2.75) is 39.8 Å². The van der Waals surface area contributed by atoms with E-state index in [0.717, 1.165) is 43.3 Å². The highest BCUT2D eigenvalue weighted by atomic mass is 15.4. The fourth-order valence-corrected chi connectivity index (χ4v) is 3.63. The molecule has 1 fully saturated rings. The Hall–Kier alpha value is -2.47. The fraction of sp³-hybridized carbons (Fsp3) is 0.450. The molecule has 1 aromatic carbocycles. The molecule has 2 aromatic heterocycles. The monoisotopic (exact) mass is 350 g/mol. The maximum Gasteiger partial charge on any atom is 0.113 e. The van der Waals surface area contributed by atoms with Crippen LogP contribution < -0.4 is 0 Å². The zero-order valence-electron chi connectivity index (χ0n) is 15.5. The van der Waals surface area contributed by atoms with E-state index >= 15 is 0 Å². The first kappa shape index (κ1) is 17.0. The predicted octanol–water partition coefficient (Wildman–Crippen LogP) is 3.20. The lowest BCUT2D eigenvalue weighted by Crippen LogP contribution is -2.34. The third-order valence-corrected chi connectivity index (χ3v) is 5.19. The van der Waals surface area contributed by atoms with Gasteiger partial charge in [-0.05, 0) is 45.7 Å². The van der Waals surface area contributed by atoms with Crippen molar-refractivity contribution in [1.29, 1.82) is 0 Å². The largest absolute Gasteiger partial charge is 0.345 e. The first-order valence-corrected chi connectivity index (χ1v) is 9.36. The number of hydrogen-bond acceptors (Lipinski definition) is 4. The average molecular weight is 350 g/mol. The molecule has 0 bridgehead atoms. The molecule has 1 saturated heterocycles. The maximum absolute atomic E-state index is 4.35. The Bertz CT molecular complexity index is 839. The first-order chi connectivity index (χ1) is 12.7. The van der Waals surface area contributed by atoms with Gasteiger partial charge in [-0.25, -0.2) is 4.98 Å². The Morgan fingerprint density at radius 2 is 1.88 bits per heavy atom. The molecule has 6 heteroatoms. The molecule has 136 valence electrons. The van der Waals surface area contributed by atoms with Gasteiger partial charge < -0.3 is 4.98 Å². The van der Waals surface area contributed by atoms with E-state index in [1.807, 2.05) is 17.8 Å². The van der Waals surface area contributed by atoms with E-state index < -0.39 is 0 Å². The Kier molecular flexibility index (Phi) is 4.84. The lowest BCUT2D eigenvalue weighted by Gasteiger charge is -2.31. The highest BCUT2D eigenvalue weighted by Gasteiger charge is 2.20. The summed E-state index contributed by atoms with van der Waals surface area (Å²) in [6.45, 7) is 8.27. The van der Waals surface area contributed by atoms with Gasteiger partial charge in [-0.3, -0.25) is 9.58 Å². The summed E-state index contributed by atoms with van der Waals surface area (Å²) < 4.78 is 2.01. The summed E-state index contributed by atoms with van der Waals surface area (Å²) in [5, 5.41) is 8.68. The lowest BCUT2D eigenvalue weighted by molar-refractivity contribution is 0.163. The number of rotatable bonds is 5. The maximum atomic E-state index is 4.35. The number of aryl methyl sites for hydroxylation is 2. The first-order valence-electron chi connectivity index (χ1n) is 9.36. The van der Waals surface area contributed by atoms with E-state index in [1.54, 1.807) is 0 Å². The van der Waals surface area contributed by atoms with Crippen molar-refractivity contribution in [3.63, 3.8) is 0 Å². The molecule has 26 heavy (non-hydrogen) atoms. The molecule has 0 amide bonds. The smallest absolute Gasteiger partial charge is 0.113 e. The molecule has 0 saturated carbocycles. The third kappa shape index (κ3) is 4.02. The van der Waals surface area contributed by atoms with E-state index in [0.29, 0.717) is 5.92 Å². The normalized spacial score (nSPS) is 16.2. The Balaban J connectivity index is 1.30. The van der Waals surface area contributed by atoms with Crippen LogP contribution in [0.1, 0.15) is 29.9 Å². The summed E-state index contributed by atoms with van der Waals surface area (Å²) in [6.07, 6.45) is 6.42. The number of aromatic nitrogens is 5. The lowest BCUT2D eigenvalue weighted by atomic mass is 9.97. The molecule has 1 N–H and O–H groups in total. The molecule has 4 rings (SSSR count). The van der Waals surface area contributed by atoms with Gasteiger partial charge in [-0.15, -0.1) is 5.10 Å². The Labute approximate surface area is 154 Å². The molecule has 3 aromatic rings. The summed E-state index contributed by atoms with van der Waals surface area (Å²) >= 11 is 0. The second-order valence-electron chi connectivity index (χ2n) is 7.41. The Morgan fingerprint density at radius 3 is 2.58 bits per heavy atom. The number of benzene rings is 1. The number of imidazole rings is 1. The minimum absolute atomic E-state index is 0.669. The van der Waals surface area contributed by atoms with Crippen LogP contribution in [0, 0.1) is 19.8 Å². The zero-order valence-corrected chi connectivity index (χ0v) is 15.5. The minimum atomic E-state index is 0.669. The van der Waals surface area contributed by atoms with Gasteiger partial charge in [-0.1, -0.05) is 35.0 Å². The third-order valence-electron chi connectivity index (χ3n) is 5.19. The van der Waals surface area contributed by atoms with Gasteiger partial charge in [0.05, 0.1) is 6.20 Å². The van der Waals surface area contributed by atoms with Crippen molar-refractivity contribution in [2.24, 2.45) is 5.92 Å². The summed E-state index contributed by atoms with van der Waals surface area (Å²) in [7, 11) is 0. The molecular weight excluding hydrogens is 324 g/mol. The highest BCUT2D eigenvalue weighted by molar-refractivity contribution is 5.57. The number of likely N-dealkylation sites (tertiary alicyclic amines) is 1. The topological polar surface area (TPSA) is 62.6 Å². The fourth-order valence-electron chi connectivity index (χ4n) is 3.63. The van der Waals surface area contributed by atoms with Crippen molar-refractivity contribution in [2.75, 3.05) is 13.1 Å². The van der Waals surface area contributed by atoms with Crippen LogP contribution in [0.5, 0.6) is 0 Å². The molecule has 0 unspecified atom stereocenters. The van der Waals surface area contributed by atoms with Gasteiger partial charge in [0.1, 0.15) is 11.5 Å². The van der Waals surface area contributed by atoms with Gasteiger partial charge in [0.25, 0.3) is 0 Å². The quantitative estimate of drug-likeness (QED) is 0.767. The SMILES string of the molecule is Cc1ccc(-c2cn(CC3CCN(Cc4cnc(C)[nH]4)CC3)nn2)cc1. The van der Waals surface area contributed by atoms with E-state index in [2.05, 4.69) is 62.6 Å². The van der Waals surface area contributed by atoms with E-state index in [1.165, 1.54) is 24.1 Å². The van der Waals surface area contributed by atoms with Gasteiger partial charge in [0.15, 0.2) is 0 Å². The van der Waals surface area contributed by atoms with Crippen LogP contribution in [0.2, 0.25) is 0 Å². The highest BCUT2D eigenvalue weighted by Crippen LogP contribution is 2.22. The van der Waals surface area contributed by atoms with E-state index in [4.69, 9.17) is 0 Å². The molecular formula is C20H26N6. The summed E-state index contributed by atoms with van der Waals surface area (Å²) in [6, 6.07) is 8.45. The predicted molar refractivity (Wildman–Crippen MR) is 102 cm³/mol. The summed E-state index contributed by atoms with van der Waals surface area (Å²) in [4.78, 5) is 10.1. The van der Waals surface area contributed by atoms with Crippen LogP contribution in [-0.2, 0) is 13.1 Å². The van der Waals surface area contributed by atoms with Crippen LogP contribution in [0.15, 0.2) is 36.7 Å². The summed E-state index contributed by atoms with van der Waals surface area (Å²) in [5.41, 5.74) is 4.56. The van der Waals surface area contributed by atoms with Crippen LogP contribution in [0.3, 0.4) is 0 Å². The van der Waals surface area contributed by atoms with Gasteiger partial charge in [-0.2, -0.15) is 0 Å². The van der Waals surface area contributed by atoms with Crippen molar-refractivity contribution in [3.8, 4) is 11.3 Å². The minimum Gasteiger partial charge on any atom is -0.345 e. The zero-order chi connectivity index (χ0) is 17.9. The van der Waals surface area contributed by atoms with Crippen molar-refractivity contribution >= 4 is 0 Å². The molecule has 0 spiro atoms. The van der Waals surface area contributed by atoms with Crippen molar-refractivity contribution in [3.05, 3.63) is 53.7 Å². The average Bonchev–Trinajstić information content (AvgIpc) is 3.26. The number of hydrogen-bond donors (Lipinski definition) is 1. The molecule has 3 heterocycles. The standard InChI is InChI=1S/C20H26N6/c1-15-3-5-18(6-4-15)20-14-26(24-23-20)12-17-7-9-25(10-8-17)13-19-11-21-16(2)22-19/h3-6,11,14,17H,7-10,12-13H2,1-2H3,(H,21,22). The number of H-pyrrole nitrogens is 1. The van der Waals surface area contributed by atoms with Crippen LogP contribution in [0.25, 0.3) is 11.3 Å². The van der Waals surface area contributed by atoms with Gasteiger partial charge in [0, 0.05) is 30.5 Å². The second kappa shape index (κ2) is 7.41. The molecule has 0 aliphatic carbocycles. The number of aromatic amines is 1. The number of piperidine rings is 1. The van der Waals surface area contributed by atoms with Gasteiger partial charge >= 0.3 is 0 Å². The van der Waals surface area contributed by atoms with Crippen molar-refractivity contribution < 1.29 is 0 Å². The van der Waals surface area contributed by atoms with Crippen LogP contribution in [-0.4, -0.2) is 43.0 Å². The van der Waals surface area contributed by atoms with E-state index in [-0.39, 0.29) is 0 Å². The molecule has 0 atom stereocenters.